The summed E-state index contributed by atoms with van der Waals surface area (Å²) in [6.07, 6.45) is 0. The van der Waals surface area contributed by atoms with Gasteiger partial charge in [0, 0.05) is 12.1 Å². The number of hydrogen-bond acceptors (Lipinski definition) is 5. The van der Waals surface area contributed by atoms with Crippen LogP contribution in [0, 0.1) is 6.92 Å². The molecule has 2 aromatic rings. The quantitative estimate of drug-likeness (QED) is 0.742. The lowest BCUT2D eigenvalue weighted by atomic mass is 10.3. The number of rotatable bonds is 7. The van der Waals surface area contributed by atoms with Crippen LogP contribution in [-0.2, 0) is 21.7 Å². The van der Waals surface area contributed by atoms with E-state index in [0.717, 1.165) is 0 Å². The van der Waals surface area contributed by atoms with E-state index >= 15 is 0 Å². The standard InChI is InChI=1S/C15H18ClN3O4S/c1-11-9-15(19(2)18-11)24(21,22)10-14(20)17-7-8-23-13-5-3-12(16)4-6-13/h3-6,9H,7-8,10H2,1-2H3,(H,17,20). The number of amides is 1. The number of aromatic nitrogens is 2. The predicted octanol–water partition coefficient (Wildman–Crippen LogP) is 1.35. The summed E-state index contributed by atoms with van der Waals surface area (Å²) in [6.45, 7) is 2.10. The molecule has 0 radical (unpaired) electrons. The highest BCUT2D eigenvalue weighted by atomic mass is 35.5. The molecule has 1 aromatic heterocycles. The maximum Gasteiger partial charge on any atom is 0.235 e. The number of ether oxygens (including phenoxy) is 1. The lowest BCUT2D eigenvalue weighted by Gasteiger charge is -2.08. The van der Waals surface area contributed by atoms with Crippen molar-refractivity contribution in [2.24, 2.45) is 7.05 Å². The molecule has 1 aromatic carbocycles. The Kier molecular flexibility index (Phi) is 5.84. The van der Waals surface area contributed by atoms with Crippen molar-refractivity contribution in [1.82, 2.24) is 15.1 Å². The van der Waals surface area contributed by atoms with Crippen molar-refractivity contribution in [3.63, 3.8) is 0 Å². The fourth-order valence-corrected chi connectivity index (χ4v) is 3.58. The number of carbonyl (C=O) groups excluding carboxylic acids is 1. The van der Waals surface area contributed by atoms with Crippen molar-refractivity contribution in [2.45, 2.75) is 11.9 Å². The van der Waals surface area contributed by atoms with Gasteiger partial charge in [0.1, 0.15) is 18.1 Å². The van der Waals surface area contributed by atoms with Gasteiger partial charge in [0.2, 0.25) is 15.7 Å². The Morgan fingerprint density at radius 1 is 1.33 bits per heavy atom. The van der Waals surface area contributed by atoms with Crippen molar-refractivity contribution < 1.29 is 17.9 Å². The summed E-state index contributed by atoms with van der Waals surface area (Å²) in [7, 11) is -2.20. The number of benzene rings is 1. The zero-order chi connectivity index (χ0) is 17.7. The van der Waals surface area contributed by atoms with Crippen molar-refractivity contribution >= 4 is 27.3 Å². The first-order valence-electron chi connectivity index (χ1n) is 7.16. The normalized spacial score (nSPS) is 11.3. The van der Waals surface area contributed by atoms with Gasteiger partial charge in [-0.15, -0.1) is 0 Å². The van der Waals surface area contributed by atoms with E-state index < -0.39 is 21.5 Å². The first kappa shape index (κ1) is 18.3. The predicted molar refractivity (Wildman–Crippen MR) is 90.0 cm³/mol. The second-order valence-electron chi connectivity index (χ2n) is 5.16. The molecule has 0 saturated carbocycles. The summed E-state index contributed by atoms with van der Waals surface area (Å²) in [5, 5.41) is 7.12. The van der Waals surface area contributed by atoms with E-state index in [0.29, 0.717) is 16.5 Å². The highest BCUT2D eigenvalue weighted by molar-refractivity contribution is 7.92. The van der Waals surface area contributed by atoms with Gasteiger partial charge < -0.3 is 10.1 Å². The topological polar surface area (TPSA) is 90.3 Å². The van der Waals surface area contributed by atoms with Gasteiger partial charge in [0.05, 0.1) is 12.2 Å². The van der Waals surface area contributed by atoms with Crippen LogP contribution in [0.15, 0.2) is 35.4 Å². The van der Waals surface area contributed by atoms with Crippen molar-refractivity contribution in [3.8, 4) is 5.75 Å². The smallest absolute Gasteiger partial charge is 0.235 e. The van der Waals surface area contributed by atoms with Crippen LogP contribution in [-0.4, -0.2) is 43.0 Å². The van der Waals surface area contributed by atoms with Crippen LogP contribution in [0.25, 0.3) is 0 Å². The Balaban J connectivity index is 1.80. The number of halogens is 1. The highest BCUT2D eigenvalue weighted by Crippen LogP contribution is 2.15. The van der Waals surface area contributed by atoms with Crippen LogP contribution < -0.4 is 10.1 Å². The van der Waals surface area contributed by atoms with Crippen molar-refractivity contribution in [1.29, 1.82) is 0 Å². The van der Waals surface area contributed by atoms with Gasteiger partial charge in [-0.3, -0.25) is 9.48 Å². The highest BCUT2D eigenvalue weighted by Gasteiger charge is 2.23. The summed E-state index contributed by atoms with van der Waals surface area (Å²) in [5.41, 5.74) is 0.577. The third kappa shape index (κ3) is 4.97. The number of nitrogens with one attached hydrogen (secondary N) is 1. The Morgan fingerprint density at radius 2 is 2.00 bits per heavy atom. The van der Waals surface area contributed by atoms with Crippen molar-refractivity contribution in [3.05, 3.63) is 41.0 Å². The molecular formula is C15H18ClN3O4S. The third-order valence-electron chi connectivity index (χ3n) is 3.11. The minimum absolute atomic E-state index is 0.0209. The molecule has 2 rings (SSSR count). The number of carbonyl (C=O) groups is 1. The maximum atomic E-state index is 12.2. The molecule has 9 heteroatoms. The van der Waals surface area contributed by atoms with E-state index in [4.69, 9.17) is 16.3 Å². The van der Waals surface area contributed by atoms with Gasteiger partial charge in [-0.2, -0.15) is 5.10 Å². The van der Waals surface area contributed by atoms with E-state index in [2.05, 4.69) is 10.4 Å². The molecule has 0 spiro atoms. The molecule has 0 saturated heterocycles. The Bertz CT molecular complexity index is 816. The molecule has 1 N–H and O–H groups in total. The van der Waals surface area contributed by atoms with Crippen LogP contribution in [0.5, 0.6) is 5.75 Å². The molecule has 7 nitrogen and oxygen atoms in total. The van der Waals surface area contributed by atoms with Gasteiger partial charge in [-0.1, -0.05) is 11.6 Å². The molecular weight excluding hydrogens is 354 g/mol. The zero-order valence-corrected chi connectivity index (χ0v) is 14.9. The van der Waals surface area contributed by atoms with Crippen LogP contribution >= 0.6 is 11.6 Å². The number of sulfone groups is 1. The molecule has 0 aliphatic rings. The Hall–Kier alpha value is -2.06. The van der Waals surface area contributed by atoms with Gasteiger partial charge >= 0.3 is 0 Å². The number of hydrogen-bond donors (Lipinski definition) is 1. The number of nitrogens with zero attached hydrogens (tertiary/aromatic N) is 2. The average Bonchev–Trinajstić information content (AvgIpc) is 2.85. The summed E-state index contributed by atoms with van der Waals surface area (Å²) < 4.78 is 31.1. The Morgan fingerprint density at radius 3 is 2.58 bits per heavy atom. The molecule has 24 heavy (non-hydrogen) atoms. The fourth-order valence-electron chi connectivity index (χ4n) is 2.07. The minimum atomic E-state index is -3.73. The monoisotopic (exact) mass is 371 g/mol. The van der Waals surface area contributed by atoms with Crippen LogP contribution in [0.2, 0.25) is 5.02 Å². The van der Waals surface area contributed by atoms with Gasteiger partial charge in [-0.25, -0.2) is 8.42 Å². The largest absolute Gasteiger partial charge is 0.492 e. The van der Waals surface area contributed by atoms with E-state index in [9.17, 15) is 13.2 Å². The summed E-state index contributed by atoms with van der Waals surface area (Å²) in [6, 6.07) is 8.24. The molecule has 0 unspecified atom stereocenters. The zero-order valence-electron chi connectivity index (χ0n) is 13.3. The molecule has 0 aliphatic heterocycles. The summed E-state index contributed by atoms with van der Waals surface area (Å²) in [5.74, 6) is -0.604. The van der Waals surface area contributed by atoms with Crippen LogP contribution in [0.1, 0.15) is 5.69 Å². The van der Waals surface area contributed by atoms with Crippen LogP contribution in [0.4, 0.5) is 0 Å². The lowest BCUT2D eigenvalue weighted by Crippen LogP contribution is -2.33. The molecule has 1 amide bonds. The van der Waals surface area contributed by atoms with Crippen molar-refractivity contribution in [2.75, 3.05) is 18.9 Å². The SMILES string of the molecule is Cc1cc(S(=O)(=O)CC(=O)NCCOc2ccc(Cl)cc2)n(C)n1. The van der Waals surface area contributed by atoms with Crippen LogP contribution in [0.3, 0.4) is 0 Å². The third-order valence-corrected chi connectivity index (χ3v) is 5.02. The summed E-state index contributed by atoms with van der Waals surface area (Å²) in [4.78, 5) is 11.8. The Labute approximate surface area is 145 Å². The van der Waals surface area contributed by atoms with Gasteiger partial charge in [0.15, 0.2) is 5.03 Å². The fraction of sp³-hybridized carbons (Fsp3) is 0.333. The first-order chi connectivity index (χ1) is 11.3. The molecule has 0 atom stereocenters. The summed E-state index contributed by atoms with van der Waals surface area (Å²) >= 11 is 5.76. The van der Waals surface area contributed by atoms with Gasteiger partial charge in [-0.05, 0) is 37.3 Å². The van der Waals surface area contributed by atoms with E-state index in [1.54, 1.807) is 31.2 Å². The van der Waals surface area contributed by atoms with E-state index in [1.807, 2.05) is 0 Å². The van der Waals surface area contributed by atoms with E-state index in [-0.39, 0.29) is 18.2 Å². The molecule has 0 bridgehead atoms. The minimum Gasteiger partial charge on any atom is -0.492 e. The average molecular weight is 372 g/mol. The lowest BCUT2D eigenvalue weighted by molar-refractivity contribution is -0.118. The van der Waals surface area contributed by atoms with Gasteiger partial charge in [0.25, 0.3) is 0 Å². The number of aryl methyl sites for hydroxylation is 2. The second kappa shape index (κ2) is 7.67. The molecule has 0 fully saturated rings. The molecule has 130 valence electrons. The maximum absolute atomic E-state index is 12.2. The van der Waals surface area contributed by atoms with E-state index in [1.165, 1.54) is 17.8 Å². The molecule has 1 heterocycles. The second-order valence-corrected chi connectivity index (χ2v) is 7.53. The first-order valence-corrected chi connectivity index (χ1v) is 9.19. The molecule has 0 aliphatic carbocycles.